The summed E-state index contributed by atoms with van der Waals surface area (Å²) < 4.78 is 11.6. The number of para-hydroxylation sites is 1. The summed E-state index contributed by atoms with van der Waals surface area (Å²) in [4.78, 5) is 0. The predicted octanol–water partition coefficient (Wildman–Crippen LogP) is 3.31. The molecule has 19 heavy (non-hydrogen) atoms. The van der Waals surface area contributed by atoms with E-state index in [-0.39, 0.29) is 0 Å². The van der Waals surface area contributed by atoms with Gasteiger partial charge in [-0.3, -0.25) is 0 Å². The molecule has 0 amide bonds. The lowest BCUT2D eigenvalue weighted by atomic mass is 10.0. The first kappa shape index (κ1) is 14.4. The molecule has 0 spiro atoms. The summed E-state index contributed by atoms with van der Waals surface area (Å²) in [6, 6.07) is 8.78. The van der Waals surface area contributed by atoms with Crippen LogP contribution in [0, 0.1) is 0 Å². The largest absolute Gasteiger partial charge is 0.490 e. The second-order valence-corrected chi connectivity index (χ2v) is 4.99. The van der Waals surface area contributed by atoms with Crippen LogP contribution in [-0.2, 0) is 4.74 Å². The molecule has 1 saturated heterocycles. The van der Waals surface area contributed by atoms with Crippen LogP contribution in [0.1, 0.15) is 44.7 Å². The summed E-state index contributed by atoms with van der Waals surface area (Å²) in [5.41, 5.74) is 1.28. The monoisotopic (exact) mass is 263 g/mol. The van der Waals surface area contributed by atoms with Gasteiger partial charge in [-0.25, -0.2) is 0 Å². The molecule has 0 aliphatic carbocycles. The standard InChI is InChI=1S/C16H25NO2/c1-3-15(17-4-2)14-7-5-6-8-16(14)19-13-9-11-18-12-10-13/h5-8,13,15,17H,3-4,9-12H2,1-2H3. The average Bonchev–Trinajstić information content (AvgIpc) is 2.47. The van der Waals surface area contributed by atoms with Gasteiger partial charge in [0.1, 0.15) is 11.9 Å². The predicted molar refractivity (Wildman–Crippen MR) is 77.6 cm³/mol. The van der Waals surface area contributed by atoms with E-state index in [9.17, 15) is 0 Å². The zero-order chi connectivity index (χ0) is 13.5. The first-order valence-corrected chi connectivity index (χ1v) is 7.41. The normalized spacial score (nSPS) is 18.2. The van der Waals surface area contributed by atoms with Gasteiger partial charge in [0, 0.05) is 24.4 Å². The summed E-state index contributed by atoms with van der Waals surface area (Å²) >= 11 is 0. The summed E-state index contributed by atoms with van der Waals surface area (Å²) in [7, 11) is 0. The van der Waals surface area contributed by atoms with E-state index < -0.39 is 0 Å². The van der Waals surface area contributed by atoms with Gasteiger partial charge in [-0.05, 0) is 19.0 Å². The molecule has 1 N–H and O–H groups in total. The van der Waals surface area contributed by atoms with E-state index in [1.165, 1.54) is 5.56 Å². The Morgan fingerprint density at radius 2 is 2.00 bits per heavy atom. The van der Waals surface area contributed by atoms with Crippen LogP contribution in [0.25, 0.3) is 0 Å². The van der Waals surface area contributed by atoms with Crippen LogP contribution in [0.4, 0.5) is 0 Å². The maximum atomic E-state index is 6.20. The molecule has 1 aliphatic rings. The molecular weight excluding hydrogens is 238 g/mol. The second kappa shape index (κ2) is 7.51. The third-order valence-electron chi connectivity index (χ3n) is 3.62. The van der Waals surface area contributed by atoms with Crippen LogP contribution in [0.3, 0.4) is 0 Å². The lowest BCUT2D eigenvalue weighted by molar-refractivity contribution is 0.0250. The quantitative estimate of drug-likeness (QED) is 0.854. The Labute approximate surface area is 116 Å². The number of hydrogen-bond acceptors (Lipinski definition) is 3. The van der Waals surface area contributed by atoms with Crippen molar-refractivity contribution >= 4 is 0 Å². The molecule has 2 rings (SSSR count). The van der Waals surface area contributed by atoms with Crippen LogP contribution < -0.4 is 10.1 Å². The Morgan fingerprint density at radius 1 is 1.26 bits per heavy atom. The van der Waals surface area contributed by atoms with Crippen LogP contribution >= 0.6 is 0 Å². The first-order valence-electron chi connectivity index (χ1n) is 7.41. The zero-order valence-electron chi connectivity index (χ0n) is 12.0. The van der Waals surface area contributed by atoms with E-state index >= 15 is 0 Å². The number of ether oxygens (including phenoxy) is 2. The van der Waals surface area contributed by atoms with Crippen molar-refractivity contribution in [3.63, 3.8) is 0 Å². The van der Waals surface area contributed by atoms with Gasteiger partial charge >= 0.3 is 0 Å². The molecule has 0 aromatic heterocycles. The van der Waals surface area contributed by atoms with E-state index in [0.29, 0.717) is 12.1 Å². The van der Waals surface area contributed by atoms with Gasteiger partial charge in [0.15, 0.2) is 0 Å². The molecule has 0 bridgehead atoms. The highest BCUT2D eigenvalue weighted by molar-refractivity contribution is 5.36. The minimum atomic E-state index is 0.300. The topological polar surface area (TPSA) is 30.5 Å². The fourth-order valence-electron chi connectivity index (χ4n) is 2.57. The minimum Gasteiger partial charge on any atom is -0.490 e. The van der Waals surface area contributed by atoms with Crippen molar-refractivity contribution in [2.24, 2.45) is 0 Å². The molecule has 1 aliphatic heterocycles. The van der Waals surface area contributed by atoms with Gasteiger partial charge in [-0.1, -0.05) is 32.0 Å². The van der Waals surface area contributed by atoms with Gasteiger partial charge in [0.05, 0.1) is 13.2 Å². The zero-order valence-corrected chi connectivity index (χ0v) is 12.0. The van der Waals surface area contributed by atoms with Gasteiger partial charge in [-0.15, -0.1) is 0 Å². The molecule has 0 radical (unpaired) electrons. The van der Waals surface area contributed by atoms with Crippen LogP contribution in [0.15, 0.2) is 24.3 Å². The van der Waals surface area contributed by atoms with Crippen molar-refractivity contribution in [1.82, 2.24) is 5.32 Å². The Hall–Kier alpha value is -1.06. The number of nitrogens with one attached hydrogen (secondary N) is 1. The maximum absolute atomic E-state index is 6.20. The van der Waals surface area contributed by atoms with E-state index in [0.717, 1.165) is 44.8 Å². The minimum absolute atomic E-state index is 0.300. The Balaban J connectivity index is 2.10. The smallest absolute Gasteiger partial charge is 0.124 e. The van der Waals surface area contributed by atoms with Crippen LogP contribution in [0.5, 0.6) is 5.75 Å². The lowest BCUT2D eigenvalue weighted by Gasteiger charge is -2.26. The van der Waals surface area contributed by atoms with Crippen LogP contribution in [0.2, 0.25) is 0 Å². The molecule has 1 fully saturated rings. The fourth-order valence-corrected chi connectivity index (χ4v) is 2.57. The van der Waals surface area contributed by atoms with Crippen molar-refractivity contribution in [2.45, 2.75) is 45.3 Å². The molecular formula is C16H25NO2. The molecule has 1 heterocycles. The third-order valence-corrected chi connectivity index (χ3v) is 3.62. The molecule has 3 nitrogen and oxygen atoms in total. The molecule has 0 saturated carbocycles. The molecule has 1 atom stereocenters. The third kappa shape index (κ3) is 3.95. The SMILES string of the molecule is CCNC(CC)c1ccccc1OC1CCOCC1. The van der Waals surface area contributed by atoms with Crippen LogP contribution in [-0.4, -0.2) is 25.9 Å². The van der Waals surface area contributed by atoms with Crippen molar-refractivity contribution in [3.8, 4) is 5.75 Å². The van der Waals surface area contributed by atoms with E-state index in [2.05, 4.69) is 43.4 Å². The Bertz CT molecular complexity index is 375. The number of hydrogen-bond donors (Lipinski definition) is 1. The number of benzene rings is 1. The first-order chi connectivity index (χ1) is 9.35. The van der Waals surface area contributed by atoms with Crippen molar-refractivity contribution in [3.05, 3.63) is 29.8 Å². The maximum Gasteiger partial charge on any atom is 0.124 e. The average molecular weight is 263 g/mol. The molecule has 106 valence electrons. The molecule has 1 unspecified atom stereocenters. The van der Waals surface area contributed by atoms with E-state index in [1.807, 2.05) is 0 Å². The lowest BCUT2D eigenvalue weighted by Crippen LogP contribution is -2.27. The highest BCUT2D eigenvalue weighted by Gasteiger charge is 2.19. The van der Waals surface area contributed by atoms with Crippen molar-refractivity contribution in [1.29, 1.82) is 0 Å². The fraction of sp³-hybridized carbons (Fsp3) is 0.625. The van der Waals surface area contributed by atoms with Gasteiger partial charge in [-0.2, -0.15) is 0 Å². The van der Waals surface area contributed by atoms with Crippen molar-refractivity contribution < 1.29 is 9.47 Å². The molecule has 1 aromatic carbocycles. The Morgan fingerprint density at radius 3 is 2.68 bits per heavy atom. The summed E-state index contributed by atoms with van der Waals surface area (Å²) in [6.07, 6.45) is 3.36. The van der Waals surface area contributed by atoms with Gasteiger partial charge in [0.2, 0.25) is 0 Å². The Kier molecular flexibility index (Phi) is 5.67. The highest BCUT2D eigenvalue weighted by atomic mass is 16.5. The van der Waals surface area contributed by atoms with Crippen molar-refractivity contribution in [2.75, 3.05) is 19.8 Å². The highest BCUT2D eigenvalue weighted by Crippen LogP contribution is 2.29. The molecule has 1 aromatic rings. The number of rotatable bonds is 6. The summed E-state index contributed by atoms with van der Waals surface area (Å²) in [5, 5.41) is 3.52. The van der Waals surface area contributed by atoms with Gasteiger partial charge in [0.25, 0.3) is 0 Å². The van der Waals surface area contributed by atoms with Gasteiger partial charge < -0.3 is 14.8 Å². The molecule has 3 heteroatoms. The summed E-state index contributed by atoms with van der Waals surface area (Å²) in [5.74, 6) is 1.03. The summed E-state index contributed by atoms with van der Waals surface area (Å²) in [6.45, 7) is 6.96. The second-order valence-electron chi connectivity index (χ2n) is 4.99. The van der Waals surface area contributed by atoms with E-state index in [4.69, 9.17) is 9.47 Å². The van der Waals surface area contributed by atoms with E-state index in [1.54, 1.807) is 0 Å².